The molecule has 3 nitrogen and oxygen atoms in total. The lowest BCUT2D eigenvalue weighted by molar-refractivity contribution is 0.288. The van der Waals surface area contributed by atoms with Crippen molar-refractivity contribution in [1.29, 1.82) is 0 Å². The Kier molecular flexibility index (Phi) is 3.09. The van der Waals surface area contributed by atoms with E-state index in [0.29, 0.717) is 0 Å². The van der Waals surface area contributed by atoms with Gasteiger partial charge in [-0.3, -0.25) is 0 Å². The summed E-state index contributed by atoms with van der Waals surface area (Å²) in [7, 11) is -1.41. The van der Waals surface area contributed by atoms with Gasteiger partial charge in [-0.15, -0.1) is 0 Å². The molecule has 1 aliphatic heterocycles. The number of fused-ring (bicyclic) bond motifs is 1. The summed E-state index contributed by atoms with van der Waals surface area (Å²) in [5.41, 5.74) is 2.09. The minimum atomic E-state index is -1.41. The summed E-state index contributed by atoms with van der Waals surface area (Å²) in [5, 5.41) is 17.5. The largest absolute Gasteiger partial charge is 0.493 e. The number of aryl methyl sites for hydroxylation is 1. The molecule has 2 rings (SSSR count). The van der Waals surface area contributed by atoms with Gasteiger partial charge in [-0.2, -0.15) is 0 Å². The van der Waals surface area contributed by atoms with Crippen LogP contribution in [0.2, 0.25) is 0 Å². The van der Waals surface area contributed by atoms with Gasteiger partial charge < -0.3 is 14.8 Å². The van der Waals surface area contributed by atoms with E-state index < -0.39 is 7.12 Å². The lowest BCUT2D eigenvalue weighted by Crippen LogP contribution is -2.10. The first-order chi connectivity index (χ1) is 7.27. The van der Waals surface area contributed by atoms with E-state index in [1.165, 1.54) is 11.5 Å². The highest BCUT2D eigenvalue weighted by atomic mass is 16.5. The van der Waals surface area contributed by atoms with Crippen molar-refractivity contribution in [2.45, 2.75) is 12.8 Å². The number of ether oxygens (including phenoxy) is 1. The SMILES string of the molecule is OB(O)/C=C/c1cccc2c1OCCC2. The van der Waals surface area contributed by atoms with Crippen LogP contribution in [-0.4, -0.2) is 23.8 Å². The van der Waals surface area contributed by atoms with Crippen LogP contribution in [-0.2, 0) is 6.42 Å². The molecule has 0 bridgehead atoms. The number of para-hydroxylation sites is 1. The van der Waals surface area contributed by atoms with Gasteiger partial charge >= 0.3 is 7.12 Å². The molecule has 1 heterocycles. The Bertz CT molecular complexity index is 374. The molecule has 15 heavy (non-hydrogen) atoms. The Balaban J connectivity index is 2.31. The van der Waals surface area contributed by atoms with Gasteiger partial charge in [0, 0.05) is 5.56 Å². The van der Waals surface area contributed by atoms with Gasteiger partial charge in [-0.1, -0.05) is 30.3 Å². The van der Waals surface area contributed by atoms with Crippen LogP contribution in [0, 0.1) is 0 Å². The molecule has 0 fully saturated rings. The van der Waals surface area contributed by atoms with Crippen molar-refractivity contribution in [2.24, 2.45) is 0 Å². The molecule has 0 aliphatic carbocycles. The molecule has 0 saturated carbocycles. The standard InChI is InChI=1S/C11H13BO3/c13-12(14)7-6-10-4-1-3-9-5-2-8-15-11(9)10/h1,3-4,6-7,13-14H,2,5,8H2/b7-6+. The molecule has 1 aliphatic rings. The van der Waals surface area contributed by atoms with Gasteiger partial charge in [0.1, 0.15) is 5.75 Å². The first kappa shape index (κ1) is 10.3. The van der Waals surface area contributed by atoms with Crippen molar-refractivity contribution in [3.8, 4) is 5.75 Å². The van der Waals surface area contributed by atoms with Gasteiger partial charge in [0.05, 0.1) is 6.61 Å². The maximum absolute atomic E-state index is 8.75. The molecule has 0 atom stereocenters. The zero-order valence-electron chi connectivity index (χ0n) is 8.39. The van der Waals surface area contributed by atoms with E-state index in [0.717, 1.165) is 30.8 Å². The Morgan fingerprint density at radius 2 is 2.20 bits per heavy atom. The van der Waals surface area contributed by atoms with Crippen molar-refractivity contribution in [3.63, 3.8) is 0 Å². The summed E-state index contributed by atoms with van der Waals surface area (Å²) in [6.07, 6.45) is 3.75. The minimum absolute atomic E-state index is 0.736. The fraction of sp³-hybridized carbons (Fsp3) is 0.273. The van der Waals surface area contributed by atoms with Crippen molar-refractivity contribution >= 4 is 13.2 Å². The number of benzene rings is 1. The zero-order chi connectivity index (χ0) is 10.7. The van der Waals surface area contributed by atoms with Crippen LogP contribution in [0.1, 0.15) is 17.5 Å². The molecular weight excluding hydrogens is 191 g/mol. The first-order valence-electron chi connectivity index (χ1n) is 5.06. The highest BCUT2D eigenvalue weighted by Gasteiger charge is 2.12. The summed E-state index contributed by atoms with van der Waals surface area (Å²) in [6, 6.07) is 5.90. The van der Waals surface area contributed by atoms with E-state index >= 15 is 0 Å². The Labute approximate surface area is 89.2 Å². The second-order valence-corrected chi connectivity index (χ2v) is 3.56. The Hall–Kier alpha value is -1.26. The maximum Gasteiger partial charge on any atom is 0.480 e. The van der Waals surface area contributed by atoms with Crippen molar-refractivity contribution in [2.75, 3.05) is 6.61 Å². The van der Waals surface area contributed by atoms with Crippen LogP contribution in [0.4, 0.5) is 0 Å². The molecule has 1 aromatic carbocycles. The minimum Gasteiger partial charge on any atom is -0.493 e. The van der Waals surface area contributed by atoms with Gasteiger partial charge in [0.15, 0.2) is 0 Å². The number of rotatable bonds is 2. The van der Waals surface area contributed by atoms with Crippen molar-refractivity contribution < 1.29 is 14.8 Å². The van der Waals surface area contributed by atoms with Crippen LogP contribution in [0.25, 0.3) is 6.08 Å². The zero-order valence-corrected chi connectivity index (χ0v) is 8.39. The van der Waals surface area contributed by atoms with Gasteiger partial charge in [0.25, 0.3) is 0 Å². The first-order valence-corrected chi connectivity index (χ1v) is 5.06. The molecule has 4 heteroatoms. The topological polar surface area (TPSA) is 49.7 Å². The number of hydrogen-bond acceptors (Lipinski definition) is 3. The average Bonchev–Trinajstić information content (AvgIpc) is 2.26. The molecule has 0 radical (unpaired) electrons. The molecule has 0 aromatic heterocycles. The van der Waals surface area contributed by atoms with Gasteiger partial charge in [0.2, 0.25) is 0 Å². The van der Waals surface area contributed by atoms with Crippen molar-refractivity contribution in [1.82, 2.24) is 0 Å². The van der Waals surface area contributed by atoms with E-state index in [2.05, 4.69) is 0 Å². The van der Waals surface area contributed by atoms with Crippen LogP contribution in [0.5, 0.6) is 5.75 Å². The van der Waals surface area contributed by atoms with E-state index in [1.807, 2.05) is 18.2 Å². The van der Waals surface area contributed by atoms with Gasteiger partial charge in [-0.05, 0) is 18.4 Å². The molecule has 0 spiro atoms. The van der Waals surface area contributed by atoms with Crippen LogP contribution in [0.3, 0.4) is 0 Å². The predicted octanol–water partition coefficient (Wildman–Crippen LogP) is 1.04. The van der Waals surface area contributed by atoms with Crippen LogP contribution in [0.15, 0.2) is 24.2 Å². The molecule has 0 unspecified atom stereocenters. The molecule has 2 N–H and O–H groups in total. The summed E-state index contributed by atoms with van der Waals surface area (Å²) in [4.78, 5) is 0. The third kappa shape index (κ3) is 2.40. The average molecular weight is 204 g/mol. The monoisotopic (exact) mass is 204 g/mol. The van der Waals surface area contributed by atoms with E-state index in [-0.39, 0.29) is 0 Å². The Morgan fingerprint density at radius 1 is 1.33 bits per heavy atom. The maximum atomic E-state index is 8.75. The summed E-state index contributed by atoms with van der Waals surface area (Å²) in [5.74, 6) is 2.20. The van der Waals surface area contributed by atoms with E-state index in [4.69, 9.17) is 14.8 Å². The second kappa shape index (κ2) is 4.51. The third-order valence-corrected chi connectivity index (χ3v) is 2.41. The molecule has 0 saturated heterocycles. The fourth-order valence-corrected chi connectivity index (χ4v) is 1.74. The summed E-state index contributed by atoms with van der Waals surface area (Å²) in [6.45, 7) is 0.736. The molecular formula is C11H13BO3. The van der Waals surface area contributed by atoms with Crippen LogP contribution < -0.4 is 4.74 Å². The van der Waals surface area contributed by atoms with Crippen LogP contribution >= 0.6 is 0 Å². The lowest BCUT2D eigenvalue weighted by atomic mass is 9.90. The molecule has 1 aromatic rings. The van der Waals surface area contributed by atoms with E-state index in [9.17, 15) is 0 Å². The van der Waals surface area contributed by atoms with Crippen molar-refractivity contribution in [3.05, 3.63) is 35.3 Å². The second-order valence-electron chi connectivity index (χ2n) is 3.56. The number of hydrogen-bond donors (Lipinski definition) is 2. The lowest BCUT2D eigenvalue weighted by Gasteiger charge is -2.18. The normalized spacial score (nSPS) is 14.8. The highest BCUT2D eigenvalue weighted by molar-refractivity contribution is 6.48. The predicted molar refractivity (Wildman–Crippen MR) is 59.5 cm³/mol. The quantitative estimate of drug-likeness (QED) is 0.707. The third-order valence-electron chi connectivity index (χ3n) is 2.41. The Morgan fingerprint density at radius 3 is 3.00 bits per heavy atom. The molecule has 0 amide bonds. The molecule has 78 valence electrons. The highest BCUT2D eigenvalue weighted by Crippen LogP contribution is 2.29. The summed E-state index contributed by atoms with van der Waals surface area (Å²) < 4.78 is 5.57. The van der Waals surface area contributed by atoms with Gasteiger partial charge in [-0.25, -0.2) is 0 Å². The smallest absolute Gasteiger partial charge is 0.480 e. The summed E-state index contributed by atoms with van der Waals surface area (Å²) >= 11 is 0. The van der Waals surface area contributed by atoms with E-state index in [1.54, 1.807) is 6.08 Å². The fourth-order valence-electron chi connectivity index (χ4n) is 1.74.